The van der Waals surface area contributed by atoms with Gasteiger partial charge in [0.25, 0.3) is 5.91 Å². The fourth-order valence-electron chi connectivity index (χ4n) is 1.75. The van der Waals surface area contributed by atoms with Gasteiger partial charge in [-0.05, 0) is 6.42 Å². The molecular formula is C13H16ClN3O6. The standard InChI is InChI=1S/C13H16ClN3O6/c1-4-5-15-13(20)16(2)12(19)9-7(14)6-8(23-3)11(18)10(9)17(21)22/h6,18H,4-5H2,1-3H3,(H,15,20). The van der Waals surface area contributed by atoms with Crippen molar-refractivity contribution >= 4 is 29.2 Å². The number of rotatable bonds is 5. The van der Waals surface area contributed by atoms with E-state index in [1.165, 1.54) is 7.11 Å². The zero-order valence-electron chi connectivity index (χ0n) is 12.8. The number of methoxy groups -OCH3 is 1. The highest BCUT2D eigenvalue weighted by Gasteiger charge is 2.34. The number of urea groups is 1. The number of hydrogen-bond donors (Lipinski definition) is 2. The maximum atomic E-state index is 12.4. The van der Waals surface area contributed by atoms with Gasteiger partial charge in [0.2, 0.25) is 5.75 Å². The third kappa shape index (κ3) is 3.81. The number of hydrogen-bond acceptors (Lipinski definition) is 6. The minimum Gasteiger partial charge on any atom is -0.499 e. The third-order valence-corrected chi connectivity index (χ3v) is 3.24. The van der Waals surface area contributed by atoms with Crippen molar-refractivity contribution in [3.63, 3.8) is 0 Å². The SMILES string of the molecule is CCCNC(=O)N(C)C(=O)c1c(Cl)cc(OC)c(O)c1[N+](=O)[O-]. The molecule has 0 spiro atoms. The molecule has 0 atom stereocenters. The van der Waals surface area contributed by atoms with E-state index in [9.17, 15) is 24.8 Å². The lowest BCUT2D eigenvalue weighted by Gasteiger charge is -2.17. The maximum absolute atomic E-state index is 12.4. The van der Waals surface area contributed by atoms with Crippen LogP contribution in [0, 0.1) is 10.1 Å². The number of nitrogens with one attached hydrogen (secondary N) is 1. The van der Waals surface area contributed by atoms with Gasteiger partial charge in [-0.25, -0.2) is 4.79 Å². The minimum atomic E-state index is -1.02. The smallest absolute Gasteiger partial charge is 0.328 e. The molecule has 1 aromatic carbocycles. The van der Waals surface area contributed by atoms with E-state index in [-0.39, 0.29) is 10.8 Å². The van der Waals surface area contributed by atoms with Crippen molar-refractivity contribution in [1.82, 2.24) is 10.2 Å². The van der Waals surface area contributed by atoms with E-state index in [1.54, 1.807) is 0 Å². The molecule has 126 valence electrons. The van der Waals surface area contributed by atoms with Crippen LogP contribution in [0.15, 0.2) is 6.07 Å². The van der Waals surface area contributed by atoms with Gasteiger partial charge in [0.1, 0.15) is 5.56 Å². The molecule has 0 heterocycles. The first-order chi connectivity index (χ1) is 10.8. The van der Waals surface area contributed by atoms with Crippen LogP contribution in [0.2, 0.25) is 5.02 Å². The second kappa shape index (κ2) is 7.63. The Balaban J connectivity index is 3.36. The topological polar surface area (TPSA) is 122 Å². The Hall–Kier alpha value is -2.55. The lowest BCUT2D eigenvalue weighted by atomic mass is 10.1. The van der Waals surface area contributed by atoms with Gasteiger partial charge in [0, 0.05) is 19.7 Å². The second-order valence-electron chi connectivity index (χ2n) is 4.49. The van der Waals surface area contributed by atoms with Crippen LogP contribution in [0.4, 0.5) is 10.5 Å². The molecule has 10 heteroatoms. The van der Waals surface area contributed by atoms with E-state index in [1.807, 2.05) is 6.92 Å². The monoisotopic (exact) mass is 345 g/mol. The molecule has 0 aliphatic carbocycles. The van der Waals surface area contributed by atoms with Crippen molar-refractivity contribution in [3.8, 4) is 11.5 Å². The van der Waals surface area contributed by atoms with Gasteiger partial charge in [0.05, 0.1) is 17.1 Å². The van der Waals surface area contributed by atoms with Gasteiger partial charge < -0.3 is 15.2 Å². The Morgan fingerprint density at radius 2 is 2.13 bits per heavy atom. The number of nitro groups is 1. The summed E-state index contributed by atoms with van der Waals surface area (Å²) < 4.78 is 4.77. The van der Waals surface area contributed by atoms with Crippen molar-refractivity contribution in [1.29, 1.82) is 0 Å². The number of phenols is 1. The number of phenolic OH excluding ortho intramolecular Hbond substituents is 1. The number of carbonyl (C=O) groups is 2. The van der Waals surface area contributed by atoms with E-state index in [0.29, 0.717) is 17.9 Å². The molecule has 9 nitrogen and oxygen atoms in total. The lowest BCUT2D eigenvalue weighted by molar-refractivity contribution is -0.386. The Morgan fingerprint density at radius 3 is 2.61 bits per heavy atom. The molecule has 0 aliphatic rings. The van der Waals surface area contributed by atoms with Gasteiger partial charge in [0.15, 0.2) is 5.75 Å². The summed E-state index contributed by atoms with van der Waals surface area (Å²) in [5, 5.41) is 23.2. The highest BCUT2D eigenvalue weighted by atomic mass is 35.5. The number of aromatic hydroxyl groups is 1. The number of halogens is 1. The van der Waals surface area contributed by atoms with Crippen molar-refractivity contribution in [2.24, 2.45) is 0 Å². The number of nitrogens with zero attached hydrogens (tertiary/aromatic N) is 2. The van der Waals surface area contributed by atoms with Gasteiger partial charge in [-0.3, -0.25) is 19.8 Å². The molecule has 0 saturated heterocycles. The predicted octanol–water partition coefficient (Wildman–Crippen LogP) is 2.15. The van der Waals surface area contributed by atoms with E-state index in [4.69, 9.17) is 16.3 Å². The van der Waals surface area contributed by atoms with Gasteiger partial charge in [-0.2, -0.15) is 0 Å². The molecule has 0 saturated carbocycles. The Bertz CT molecular complexity index is 649. The second-order valence-corrected chi connectivity index (χ2v) is 4.89. The van der Waals surface area contributed by atoms with Crippen molar-refractivity contribution in [3.05, 3.63) is 26.8 Å². The highest BCUT2D eigenvalue weighted by Crippen LogP contribution is 2.43. The van der Waals surface area contributed by atoms with Crippen LogP contribution < -0.4 is 10.1 Å². The minimum absolute atomic E-state index is 0.253. The molecule has 23 heavy (non-hydrogen) atoms. The molecular weight excluding hydrogens is 330 g/mol. The average molecular weight is 346 g/mol. The first-order valence-electron chi connectivity index (χ1n) is 6.55. The van der Waals surface area contributed by atoms with Gasteiger partial charge in [-0.1, -0.05) is 18.5 Å². The molecule has 2 N–H and O–H groups in total. The molecule has 3 amide bonds. The molecule has 1 aromatic rings. The van der Waals surface area contributed by atoms with Gasteiger partial charge >= 0.3 is 11.7 Å². The summed E-state index contributed by atoms with van der Waals surface area (Å²) in [4.78, 5) is 35.1. The Labute approximate surface area is 136 Å². The number of benzene rings is 1. The van der Waals surface area contributed by atoms with Crippen LogP contribution >= 0.6 is 11.6 Å². The summed E-state index contributed by atoms with van der Waals surface area (Å²) in [6.07, 6.45) is 0.651. The van der Waals surface area contributed by atoms with E-state index >= 15 is 0 Å². The van der Waals surface area contributed by atoms with Crippen LogP contribution in [0.5, 0.6) is 11.5 Å². The molecule has 0 radical (unpaired) electrons. The van der Waals surface area contributed by atoms with Crippen molar-refractivity contribution < 1.29 is 24.4 Å². The fourth-order valence-corrected chi connectivity index (χ4v) is 2.02. The number of nitro benzene ring substituents is 1. The number of amides is 3. The van der Waals surface area contributed by atoms with Crippen LogP contribution in [0.3, 0.4) is 0 Å². The molecule has 0 aliphatic heterocycles. The first-order valence-corrected chi connectivity index (χ1v) is 6.93. The van der Waals surface area contributed by atoms with Gasteiger partial charge in [-0.15, -0.1) is 0 Å². The largest absolute Gasteiger partial charge is 0.499 e. The maximum Gasteiger partial charge on any atom is 0.328 e. The number of imide groups is 1. The summed E-state index contributed by atoms with van der Waals surface area (Å²) in [6.45, 7) is 2.16. The fraction of sp³-hybridized carbons (Fsp3) is 0.385. The summed E-state index contributed by atoms with van der Waals surface area (Å²) in [7, 11) is 2.33. The molecule has 0 bridgehead atoms. The van der Waals surface area contributed by atoms with Crippen LogP contribution in [-0.2, 0) is 0 Å². The Kier molecular flexibility index (Phi) is 6.14. The summed E-state index contributed by atoms with van der Waals surface area (Å²) in [5.74, 6) is -2.11. The van der Waals surface area contributed by atoms with Crippen molar-refractivity contribution in [2.75, 3.05) is 20.7 Å². The molecule has 0 aromatic heterocycles. The van der Waals surface area contributed by atoms with Crippen LogP contribution in [0.1, 0.15) is 23.7 Å². The zero-order chi connectivity index (χ0) is 17.7. The summed E-state index contributed by atoms with van der Waals surface area (Å²) >= 11 is 5.90. The van der Waals surface area contributed by atoms with Crippen molar-refractivity contribution in [2.45, 2.75) is 13.3 Å². The Morgan fingerprint density at radius 1 is 1.52 bits per heavy atom. The highest BCUT2D eigenvalue weighted by molar-refractivity contribution is 6.35. The van der Waals surface area contributed by atoms with E-state index in [0.717, 1.165) is 13.1 Å². The summed E-state index contributed by atoms with van der Waals surface area (Å²) in [5.41, 5.74) is -1.52. The molecule has 0 fully saturated rings. The van der Waals surface area contributed by atoms with E-state index in [2.05, 4.69) is 5.32 Å². The predicted molar refractivity (Wildman–Crippen MR) is 82.1 cm³/mol. The third-order valence-electron chi connectivity index (χ3n) is 2.94. The first kappa shape index (κ1) is 18.5. The average Bonchev–Trinajstić information content (AvgIpc) is 2.51. The zero-order valence-corrected chi connectivity index (χ0v) is 13.5. The van der Waals surface area contributed by atoms with E-state index < -0.39 is 33.9 Å². The lowest BCUT2D eigenvalue weighted by Crippen LogP contribution is -2.41. The molecule has 0 unspecified atom stereocenters. The quantitative estimate of drug-likeness (QED) is 0.622. The van der Waals surface area contributed by atoms with Crippen LogP contribution in [0.25, 0.3) is 0 Å². The molecule has 1 rings (SSSR count). The normalized spacial score (nSPS) is 10.1. The van der Waals surface area contributed by atoms with Crippen LogP contribution in [-0.4, -0.2) is 47.6 Å². The number of carbonyl (C=O) groups excluding carboxylic acids is 2. The summed E-state index contributed by atoms with van der Waals surface area (Å²) in [6, 6.07) is 0.326. The number of ether oxygens (including phenoxy) is 1.